The smallest absolute Gasteiger partial charge is 0.0646 e. The van der Waals surface area contributed by atoms with Crippen LogP contribution in [0.25, 0.3) is 0 Å². The third kappa shape index (κ3) is 4.27. The minimum atomic E-state index is 0.117. The second-order valence-corrected chi connectivity index (χ2v) is 6.56. The number of nitrogens with one attached hydrogen (secondary N) is 1. The highest BCUT2D eigenvalue weighted by atomic mass is 32.2. The minimum absolute atomic E-state index is 0.117. The molecule has 1 aromatic heterocycles. The maximum atomic E-state index is 9.08. The average Bonchev–Trinajstić information content (AvgIpc) is 2.78. The number of aryl methyl sites for hydroxylation is 1. The van der Waals surface area contributed by atoms with E-state index in [2.05, 4.69) is 48.5 Å². The number of hydrogen-bond donors (Lipinski definition) is 2. The molecule has 1 heterocycles. The van der Waals surface area contributed by atoms with E-state index in [9.17, 15) is 0 Å². The van der Waals surface area contributed by atoms with E-state index < -0.39 is 0 Å². The molecule has 2 N–H and O–H groups in total. The second-order valence-electron chi connectivity index (χ2n) is 5.29. The zero-order valence-corrected chi connectivity index (χ0v) is 14.4. The van der Waals surface area contributed by atoms with Crippen LogP contribution in [-0.2, 0) is 18.8 Å². The molecule has 0 aliphatic rings. The summed E-state index contributed by atoms with van der Waals surface area (Å²) in [6, 6.07) is 8.58. The van der Waals surface area contributed by atoms with Gasteiger partial charge in [0.25, 0.3) is 0 Å². The molecule has 1 aromatic carbocycles. The van der Waals surface area contributed by atoms with Crippen LogP contribution in [0.15, 0.2) is 24.3 Å². The van der Waals surface area contributed by atoms with Crippen LogP contribution < -0.4 is 5.32 Å². The van der Waals surface area contributed by atoms with Gasteiger partial charge in [-0.05, 0) is 37.3 Å². The van der Waals surface area contributed by atoms with Gasteiger partial charge < -0.3 is 10.4 Å². The van der Waals surface area contributed by atoms with Crippen molar-refractivity contribution in [3.63, 3.8) is 0 Å². The van der Waals surface area contributed by atoms with E-state index in [1.54, 1.807) is 0 Å². The standard InChI is InChI=1S/C17H25N3OS/c1-4-22-12-15-6-5-7-16(10-15)18-11-17-13(2)19-20(8-9-21)14(17)3/h5-7,10,18,21H,4,8-9,11-12H2,1-3H3. The van der Waals surface area contributed by atoms with Gasteiger partial charge in [-0.2, -0.15) is 16.9 Å². The minimum Gasteiger partial charge on any atom is -0.394 e. The number of rotatable bonds is 8. The van der Waals surface area contributed by atoms with Crippen molar-refractivity contribution in [2.24, 2.45) is 0 Å². The van der Waals surface area contributed by atoms with Crippen molar-refractivity contribution in [1.82, 2.24) is 9.78 Å². The lowest BCUT2D eigenvalue weighted by atomic mass is 10.2. The molecule has 0 unspecified atom stereocenters. The Morgan fingerprint density at radius 3 is 2.86 bits per heavy atom. The molecule has 0 aliphatic heterocycles. The molecule has 0 aliphatic carbocycles. The van der Waals surface area contributed by atoms with Gasteiger partial charge in [-0.3, -0.25) is 4.68 Å². The summed E-state index contributed by atoms with van der Waals surface area (Å²) in [5.74, 6) is 2.19. The summed E-state index contributed by atoms with van der Waals surface area (Å²) < 4.78 is 1.88. The SMILES string of the molecule is CCSCc1cccc(NCc2c(C)nn(CCO)c2C)c1. The number of hydrogen-bond acceptors (Lipinski definition) is 4. The number of anilines is 1. The quantitative estimate of drug-likeness (QED) is 0.783. The van der Waals surface area contributed by atoms with Gasteiger partial charge in [0.1, 0.15) is 0 Å². The fourth-order valence-electron chi connectivity index (χ4n) is 2.48. The predicted octanol–water partition coefficient (Wildman–Crippen LogP) is 3.36. The van der Waals surface area contributed by atoms with Crippen LogP contribution in [0.3, 0.4) is 0 Å². The van der Waals surface area contributed by atoms with Gasteiger partial charge in [0.05, 0.1) is 18.8 Å². The van der Waals surface area contributed by atoms with Gasteiger partial charge in [-0.15, -0.1) is 0 Å². The first kappa shape index (κ1) is 16.9. The number of aliphatic hydroxyl groups is 1. The Kier molecular flexibility index (Phi) is 6.34. The highest BCUT2D eigenvalue weighted by Crippen LogP contribution is 2.19. The van der Waals surface area contributed by atoms with Crippen LogP contribution >= 0.6 is 11.8 Å². The summed E-state index contributed by atoms with van der Waals surface area (Å²) in [6.07, 6.45) is 0. The first-order valence-corrected chi connectivity index (χ1v) is 8.85. The normalized spacial score (nSPS) is 10.9. The summed E-state index contributed by atoms with van der Waals surface area (Å²) >= 11 is 1.93. The molecule has 4 nitrogen and oxygen atoms in total. The van der Waals surface area contributed by atoms with Gasteiger partial charge in [-0.1, -0.05) is 19.1 Å². The van der Waals surface area contributed by atoms with Gasteiger partial charge in [-0.25, -0.2) is 0 Å². The number of nitrogens with zero attached hydrogens (tertiary/aromatic N) is 2. The number of aliphatic hydroxyl groups excluding tert-OH is 1. The first-order valence-electron chi connectivity index (χ1n) is 7.70. The van der Waals surface area contributed by atoms with Crippen molar-refractivity contribution >= 4 is 17.4 Å². The molecule has 2 aromatic rings. The van der Waals surface area contributed by atoms with Gasteiger partial charge in [0, 0.05) is 29.2 Å². The Bertz CT molecular complexity index is 610. The van der Waals surface area contributed by atoms with E-state index >= 15 is 0 Å². The molecule has 0 saturated heterocycles. The Hall–Kier alpha value is -1.46. The molecule has 0 atom stereocenters. The average molecular weight is 319 g/mol. The fraction of sp³-hybridized carbons (Fsp3) is 0.471. The van der Waals surface area contributed by atoms with Gasteiger partial charge in [0.2, 0.25) is 0 Å². The van der Waals surface area contributed by atoms with Crippen LogP contribution in [0.5, 0.6) is 0 Å². The molecule has 22 heavy (non-hydrogen) atoms. The summed E-state index contributed by atoms with van der Waals surface area (Å²) in [5.41, 5.74) is 5.85. The van der Waals surface area contributed by atoms with Crippen LogP contribution in [0.1, 0.15) is 29.4 Å². The molecule has 2 rings (SSSR count). The highest BCUT2D eigenvalue weighted by Gasteiger charge is 2.10. The fourth-order valence-corrected chi connectivity index (χ4v) is 3.10. The molecular formula is C17H25N3OS. The van der Waals surface area contributed by atoms with Crippen molar-refractivity contribution in [3.05, 3.63) is 46.8 Å². The first-order chi connectivity index (χ1) is 10.7. The molecule has 0 spiro atoms. The summed E-state index contributed by atoms with van der Waals surface area (Å²) in [7, 11) is 0. The Balaban J connectivity index is 2.04. The van der Waals surface area contributed by atoms with Crippen LogP contribution in [-0.4, -0.2) is 27.2 Å². The zero-order chi connectivity index (χ0) is 15.9. The Labute approximate surface area is 136 Å². The molecule has 0 amide bonds. The largest absolute Gasteiger partial charge is 0.394 e. The third-order valence-electron chi connectivity index (χ3n) is 3.71. The molecule has 5 heteroatoms. The predicted molar refractivity (Wildman–Crippen MR) is 94.4 cm³/mol. The zero-order valence-electron chi connectivity index (χ0n) is 13.6. The van der Waals surface area contributed by atoms with E-state index in [1.165, 1.54) is 11.1 Å². The summed E-state index contributed by atoms with van der Waals surface area (Å²) in [4.78, 5) is 0. The lowest BCUT2D eigenvalue weighted by Crippen LogP contribution is -2.07. The monoisotopic (exact) mass is 319 g/mol. The lowest BCUT2D eigenvalue weighted by molar-refractivity contribution is 0.268. The molecule has 0 bridgehead atoms. The summed E-state index contributed by atoms with van der Waals surface area (Å²) in [5, 5.41) is 17.0. The maximum Gasteiger partial charge on any atom is 0.0646 e. The van der Waals surface area contributed by atoms with Crippen LogP contribution in [0.4, 0.5) is 5.69 Å². The molecular weight excluding hydrogens is 294 g/mol. The molecule has 120 valence electrons. The maximum absolute atomic E-state index is 9.08. The van der Waals surface area contributed by atoms with Crippen molar-refractivity contribution in [1.29, 1.82) is 0 Å². The highest BCUT2D eigenvalue weighted by molar-refractivity contribution is 7.98. The van der Waals surface area contributed by atoms with Gasteiger partial charge >= 0.3 is 0 Å². The van der Waals surface area contributed by atoms with E-state index in [0.29, 0.717) is 6.54 Å². The lowest BCUT2D eigenvalue weighted by Gasteiger charge is -2.09. The van der Waals surface area contributed by atoms with Gasteiger partial charge in [0.15, 0.2) is 0 Å². The van der Waals surface area contributed by atoms with E-state index in [0.717, 1.165) is 35.1 Å². The van der Waals surface area contributed by atoms with Crippen LogP contribution in [0, 0.1) is 13.8 Å². The van der Waals surface area contributed by atoms with Crippen molar-refractivity contribution in [2.45, 2.75) is 39.6 Å². The van der Waals surface area contributed by atoms with Crippen molar-refractivity contribution in [2.75, 3.05) is 17.7 Å². The van der Waals surface area contributed by atoms with Crippen LogP contribution in [0.2, 0.25) is 0 Å². The van der Waals surface area contributed by atoms with E-state index in [4.69, 9.17) is 5.11 Å². The second kappa shape index (κ2) is 8.25. The number of thioether (sulfide) groups is 1. The molecule has 0 saturated carbocycles. The van der Waals surface area contributed by atoms with E-state index in [-0.39, 0.29) is 6.61 Å². The Morgan fingerprint density at radius 2 is 2.14 bits per heavy atom. The molecule has 0 radical (unpaired) electrons. The Morgan fingerprint density at radius 1 is 1.32 bits per heavy atom. The van der Waals surface area contributed by atoms with E-state index in [1.807, 2.05) is 23.4 Å². The number of benzene rings is 1. The van der Waals surface area contributed by atoms with Crippen molar-refractivity contribution < 1.29 is 5.11 Å². The third-order valence-corrected chi connectivity index (χ3v) is 4.66. The molecule has 0 fully saturated rings. The van der Waals surface area contributed by atoms with Crippen molar-refractivity contribution in [3.8, 4) is 0 Å². The number of aromatic nitrogens is 2. The summed E-state index contributed by atoms with van der Waals surface area (Å²) in [6.45, 7) is 7.69. The topological polar surface area (TPSA) is 50.1 Å².